The molecule has 0 spiro atoms. The van der Waals surface area contributed by atoms with Crippen LogP contribution in [0.2, 0.25) is 0 Å². The van der Waals surface area contributed by atoms with Gasteiger partial charge in [0.1, 0.15) is 0 Å². The molecule has 0 aliphatic heterocycles. The first-order chi connectivity index (χ1) is 10.1. The van der Waals surface area contributed by atoms with Gasteiger partial charge in [0.2, 0.25) is 0 Å². The van der Waals surface area contributed by atoms with E-state index in [0.717, 1.165) is 24.7 Å². The number of rotatable bonds is 0. The highest BCUT2D eigenvalue weighted by Gasteiger charge is 2.46. The highest BCUT2D eigenvalue weighted by molar-refractivity contribution is 5.56. The lowest BCUT2D eigenvalue weighted by Crippen LogP contribution is -2.36. The van der Waals surface area contributed by atoms with Crippen molar-refractivity contribution >= 4 is 0 Å². The predicted octanol–water partition coefficient (Wildman–Crippen LogP) is 5.80. The SMILES string of the molecule is C[C@]12CC[C@H]3C(=C1C=CC2=C(F)F)C=CC1CCCC[C@@H]13. The zero-order valence-corrected chi connectivity index (χ0v) is 12.5. The van der Waals surface area contributed by atoms with Crippen LogP contribution in [-0.4, -0.2) is 0 Å². The van der Waals surface area contributed by atoms with Crippen LogP contribution in [0.1, 0.15) is 45.4 Å². The minimum Gasteiger partial charge on any atom is -0.173 e. The van der Waals surface area contributed by atoms with Crippen molar-refractivity contribution in [1.29, 1.82) is 0 Å². The fourth-order valence-corrected chi connectivity index (χ4v) is 5.25. The standard InChI is InChI=1S/C19H22F2/c1-19-11-10-14-13-5-3-2-4-12(13)6-7-15(14)16(19)8-9-17(19)18(20)21/h6-9,12-14H,2-5,10-11H2,1H3/t12?,13-,14+,19-/m0/s1. The molecule has 0 aromatic heterocycles. The molecule has 0 N–H and O–H groups in total. The summed E-state index contributed by atoms with van der Waals surface area (Å²) >= 11 is 0. The topological polar surface area (TPSA) is 0 Å². The summed E-state index contributed by atoms with van der Waals surface area (Å²) in [5.41, 5.74) is 2.33. The average Bonchev–Trinajstić information content (AvgIpc) is 2.84. The maximum atomic E-state index is 13.2. The summed E-state index contributed by atoms with van der Waals surface area (Å²) in [4.78, 5) is 0. The second-order valence-corrected chi connectivity index (χ2v) is 7.32. The van der Waals surface area contributed by atoms with E-state index in [4.69, 9.17) is 0 Å². The third-order valence-electron chi connectivity index (χ3n) is 6.39. The van der Waals surface area contributed by atoms with Crippen molar-refractivity contribution in [2.75, 3.05) is 0 Å². The van der Waals surface area contributed by atoms with Gasteiger partial charge in [-0.3, -0.25) is 0 Å². The number of halogens is 2. The molecule has 0 heterocycles. The monoisotopic (exact) mass is 288 g/mol. The number of allylic oxidation sites excluding steroid dienone is 7. The van der Waals surface area contributed by atoms with Gasteiger partial charge in [0.15, 0.2) is 0 Å². The second-order valence-electron chi connectivity index (χ2n) is 7.32. The predicted molar refractivity (Wildman–Crippen MR) is 80.8 cm³/mol. The zero-order chi connectivity index (χ0) is 14.6. The Bertz CT molecular complexity index is 589. The summed E-state index contributed by atoms with van der Waals surface area (Å²) in [7, 11) is 0. The van der Waals surface area contributed by atoms with Crippen LogP contribution in [0.5, 0.6) is 0 Å². The van der Waals surface area contributed by atoms with Gasteiger partial charge in [-0.15, -0.1) is 0 Å². The number of fused-ring (bicyclic) bond motifs is 4. The smallest absolute Gasteiger partial charge is 0.173 e. The van der Waals surface area contributed by atoms with Crippen LogP contribution < -0.4 is 0 Å². The van der Waals surface area contributed by atoms with Crippen molar-refractivity contribution in [3.63, 3.8) is 0 Å². The van der Waals surface area contributed by atoms with Crippen LogP contribution in [0.4, 0.5) is 8.78 Å². The molecule has 1 saturated carbocycles. The summed E-state index contributed by atoms with van der Waals surface area (Å²) in [6.07, 6.45) is 14.0. The van der Waals surface area contributed by atoms with Crippen LogP contribution in [-0.2, 0) is 0 Å². The lowest BCUT2D eigenvalue weighted by Gasteiger charge is -2.46. The molecule has 1 unspecified atom stereocenters. The second kappa shape index (κ2) is 4.66. The third-order valence-corrected chi connectivity index (χ3v) is 6.39. The molecule has 0 amide bonds. The van der Waals surface area contributed by atoms with E-state index in [9.17, 15) is 8.78 Å². The quantitative estimate of drug-likeness (QED) is 0.528. The van der Waals surface area contributed by atoms with E-state index >= 15 is 0 Å². The lowest BCUT2D eigenvalue weighted by atomic mass is 9.58. The number of hydrogen-bond acceptors (Lipinski definition) is 0. The Morgan fingerprint density at radius 3 is 2.71 bits per heavy atom. The van der Waals surface area contributed by atoms with Crippen LogP contribution in [0, 0.1) is 23.2 Å². The Balaban J connectivity index is 1.81. The van der Waals surface area contributed by atoms with E-state index in [2.05, 4.69) is 12.2 Å². The Morgan fingerprint density at radius 1 is 1.10 bits per heavy atom. The maximum absolute atomic E-state index is 13.2. The van der Waals surface area contributed by atoms with Crippen LogP contribution in [0.15, 0.2) is 47.1 Å². The summed E-state index contributed by atoms with van der Waals surface area (Å²) in [6.45, 7) is 2.00. The molecule has 112 valence electrons. The minimum atomic E-state index is -1.50. The maximum Gasteiger partial charge on any atom is 0.274 e. The molecule has 0 saturated heterocycles. The van der Waals surface area contributed by atoms with Crippen molar-refractivity contribution in [3.05, 3.63) is 47.1 Å². The fraction of sp³-hybridized carbons (Fsp3) is 0.579. The normalized spacial score (nSPS) is 40.9. The zero-order valence-electron chi connectivity index (χ0n) is 12.5. The van der Waals surface area contributed by atoms with Gasteiger partial charge >= 0.3 is 0 Å². The molecule has 4 aliphatic carbocycles. The van der Waals surface area contributed by atoms with E-state index in [1.165, 1.54) is 36.8 Å². The summed E-state index contributed by atoms with van der Waals surface area (Å²) in [5, 5.41) is 0. The highest BCUT2D eigenvalue weighted by atomic mass is 19.3. The Hall–Kier alpha value is -1.18. The number of hydrogen-bond donors (Lipinski definition) is 0. The average molecular weight is 288 g/mol. The van der Waals surface area contributed by atoms with Gasteiger partial charge in [0.05, 0.1) is 0 Å². The first-order valence-electron chi connectivity index (χ1n) is 8.28. The molecule has 4 aliphatic rings. The van der Waals surface area contributed by atoms with Gasteiger partial charge in [-0.25, -0.2) is 0 Å². The van der Waals surface area contributed by atoms with Crippen LogP contribution in [0.25, 0.3) is 0 Å². The van der Waals surface area contributed by atoms with Crippen LogP contribution in [0.3, 0.4) is 0 Å². The fourth-order valence-electron chi connectivity index (χ4n) is 5.25. The Labute approximate surface area is 125 Å². The van der Waals surface area contributed by atoms with Crippen molar-refractivity contribution in [2.45, 2.75) is 45.4 Å². The van der Waals surface area contributed by atoms with Crippen molar-refractivity contribution in [2.24, 2.45) is 23.2 Å². The van der Waals surface area contributed by atoms with Crippen molar-refractivity contribution in [1.82, 2.24) is 0 Å². The van der Waals surface area contributed by atoms with Gasteiger partial charge in [0.25, 0.3) is 6.08 Å². The molecule has 4 atom stereocenters. The molecule has 0 radical (unpaired) electrons. The van der Waals surface area contributed by atoms with E-state index < -0.39 is 11.5 Å². The van der Waals surface area contributed by atoms with E-state index in [1.807, 2.05) is 13.0 Å². The first kappa shape index (κ1) is 13.5. The largest absolute Gasteiger partial charge is 0.274 e. The molecule has 0 nitrogen and oxygen atoms in total. The van der Waals surface area contributed by atoms with Gasteiger partial charge in [0, 0.05) is 11.0 Å². The molecule has 4 rings (SSSR count). The first-order valence-corrected chi connectivity index (χ1v) is 8.28. The van der Waals surface area contributed by atoms with Gasteiger partial charge in [-0.05, 0) is 54.6 Å². The van der Waals surface area contributed by atoms with Gasteiger partial charge in [-0.2, -0.15) is 8.78 Å². The third kappa shape index (κ3) is 1.84. The molecule has 0 bridgehead atoms. The summed E-state index contributed by atoms with van der Waals surface area (Å²) < 4.78 is 26.5. The molecule has 2 heteroatoms. The molecule has 0 aromatic rings. The molecular weight excluding hydrogens is 266 g/mol. The Kier molecular flexibility index (Phi) is 2.99. The van der Waals surface area contributed by atoms with E-state index in [1.54, 1.807) is 6.08 Å². The van der Waals surface area contributed by atoms with E-state index in [-0.39, 0.29) is 5.57 Å². The van der Waals surface area contributed by atoms with Crippen molar-refractivity contribution in [3.8, 4) is 0 Å². The summed E-state index contributed by atoms with van der Waals surface area (Å²) in [5.74, 6) is 2.10. The molecular formula is C19H22F2. The Morgan fingerprint density at radius 2 is 1.90 bits per heavy atom. The van der Waals surface area contributed by atoms with E-state index in [0.29, 0.717) is 5.92 Å². The van der Waals surface area contributed by atoms with Gasteiger partial charge in [-0.1, -0.05) is 44.1 Å². The molecule has 1 fully saturated rings. The lowest BCUT2D eigenvalue weighted by molar-refractivity contribution is 0.179. The van der Waals surface area contributed by atoms with Crippen LogP contribution >= 0.6 is 0 Å². The highest BCUT2D eigenvalue weighted by Crippen LogP contribution is 2.58. The van der Waals surface area contributed by atoms with Gasteiger partial charge < -0.3 is 0 Å². The summed E-state index contributed by atoms with van der Waals surface area (Å²) in [6, 6.07) is 0. The molecule has 0 aromatic carbocycles. The minimum absolute atomic E-state index is 0.252. The van der Waals surface area contributed by atoms with Crippen molar-refractivity contribution < 1.29 is 8.78 Å². The molecule has 21 heavy (non-hydrogen) atoms.